The average molecular weight is 287 g/mol. The van der Waals surface area contributed by atoms with Crippen LogP contribution in [-0.4, -0.2) is 35.7 Å². The molecule has 1 heterocycles. The molecule has 0 bridgehead atoms. The number of carbonyl (C=O) groups excluding carboxylic acids is 3. The number of carbonyl (C=O) groups is 3. The van der Waals surface area contributed by atoms with Crippen LogP contribution in [0.15, 0.2) is 18.2 Å². The number of imide groups is 1. The van der Waals surface area contributed by atoms with Gasteiger partial charge in [0.15, 0.2) is 0 Å². The second kappa shape index (κ2) is 4.96. The molecule has 0 spiro atoms. The summed E-state index contributed by atoms with van der Waals surface area (Å²) in [4.78, 5) is 35.6. The Kier molecular flexibility index (Phi) is 3.54. The summed E-state index contributed by atoms with van der Waals surface area (Å²) in [5, 5.41) is 2.47. The third kappa shape index (κ3) is 2.47. The number of amides is 3. The molecule has 1 fully saturated rings. The van der Waals surface area contributed by atoms with Gasteiger partial charge in [-0.15, -0.1) is 0 Å². The van der Waals surface area contributed by atoms with Crippen LogP contribution in [0.5, 0.6) is 0 Å². The molecule has 7 heteroatoms. The monoisotopic (exact) mass is 286 g/mol. The highest BCUT2D eigenvalue weighted by Gasteiger charge is 2.28. The van der Waals surface area contributed by atoms with E-state index in [4.69, 9.17) is 23.2 Å². The highest BCUT2D eigenvalue weighted by atomic mass is 35.5. The fourth-order valence-corrected chi connectivity index (χ4v) is 2.00. The lowest BCUT2D eigenvalue weighted by Crippen LogP contribution is -2.53. The SMILES string of the molecule is O=C1CN(C(=O)c2cccc(Cl)c2Cl)CC(=O)N1. The molecule has 1 aromatic rings. The minimum absolute atomic E-state index is 0.114. The molecule has 0 saturated carbocycles. The van der Waals surface area contributed by atoms with Crippen LogP contribution >= 0.6 is 23.2 Å². The third-order valence-electron chi connectivity index (χ3n) is 2.42. The quantitative estimate of drug-likeness (QED) is 0.786. The van der Waals surface area contributed by atoms with Gasteiger partial charge in [-0.1, -0.05) is 29.3 Å². The number of hydrogen-bond acceptors (Lipinski definition) is 3. The lowest BCUT2D eigenvalue weighted by molar-refractivity contribution is -0.135. The normalized spacial score (nSPS) is 15.6. The Morgan fingerprint density at radius 3 is 2.39 bits per heavy atom. The highest BCUT2D eigenvalue weighted by Crippen LogP contribution is 2.26. The first-order chi connectivity index (χ1) is 8.49. The molecule has 94 valence electrons. The van der Waals surface area contributed by atoms with Crippen molar-refractivity contribution in [3.8, 4) is 0 Å². The molecule has 18 heavy (non-hydrogen) atoms. The molecule has 1 aromatic carbocycles. The predicted octanol–water partition coefficient (Wildman–Crippen LogP) is 1.09. The number of hydrogen-bond donors (Lipinski definition) is 1. The van der Waals surface area contributed by atoms with Gasteiger partial charge in [-0.25, -0.2) is 0 Å². The van der Waals surface area contributed by atoms with E-state index in [0.29, 0.717) is 0 Å². The molecule has 0 radical (unpaired) electrons. The van der Waals surface area contributed by atoms with Crippen molar-refractivity contribution in [3.63, 3.8) is 0 Å². The van der Waals surface area contributed by atoms with Gasteiger partial charge in [-0.2, -0.15) is 0 Å². The van der Waals surface area contributed by atoms with Crippen LogP contribution in [0.25, 0.3) is 0 Å². The number of nitrogens with one attached hydrogen (secondary N) is 1. The van der Waals surface area contributed by atoms with Crippen molar-refractivity contribution in [3.05, 3.63) is 33.8 Å². The van der Waals surface area contributed by atoms with Crippen LogP contribution < -0.4 is 5.32 Å². The molecule has 0 aliphatic carbocycles. The van der Waals surface area contributed by atoms with Crippen LogP contribution in [0.3, 0.4) is 0 Å². The topological polar surface area (TPSA) is 66.5 Å². The lowest BCUT2D eigenvalue weighted by Gasteiger charge is -2.25. The molecule has 2 rings (SSSR count). The fourth-order valence-electron chi connectivity index (χ4n) is 1.62. The Morgan fingerprint density at radius 2 is 1.78 bits per heavy atom. The maximum absolute atomic E-state index is 12.1. The van der Waals surface area contributed by atoms with Gasteiger partial charge in [0.05, 0.1) is 15.6 Å². The van der Waals surface area contributed by atoms with Crippen molar-refractivity contribution in [2.45, 2.75) is 0 Å². The van der Waals surface area contributed by atoms with E-state index in [1.54, 1.807) is 12.1 Å². The number of halogens is 2. The smallest absolute Gasteiger partial charge is 0.256 e. The van der Waals surface area contributed by atoms with Gasteiger partial charge in [0.25, 0.3) is 5.91 Å². The first-order valence-corrected chi connectivity index (χ1v) is 5.80. The summed E-state index contributed by atoms with van der Waals surface area (Å²) >= 11 is 11.7. The zero-order chi connectivity index (χ0) is 13.3. The molecular weight excluding hydrogens is 279 g/mol. The summed E-state index contributed by atoms with van der Waals surface area (Å²) < 4.78 is 0. The molecule has 0 aromatic heterocycles. The summed E-state index contributed by atoms with van der Waals surface area (Å²) in [5.41, 5.74) is 0.173. The third-order valence-corrected chi connectivity index (χ3v) is 3.24. The Hall–Kier alpha value is -1.59. The van der Waals surface area contributed by atoms with E-state index < -0.39 is 17.7 Å². The lowest BCUT2D eigenvalue weighted by atomic mass is 10.2. The second-order valence-corrected chi connectivity index (χ2v) is 4.52. The Morgan fingerprint density at radius 1 is 1.17 bits per heavy atom. The molecule has 1 N–H and O–H groups in total. The molecule has 1 aliphatic rings. The summed E-state index contributed by atoms with van der Waals surface area (Å²) in [6.45, 7) is -0.346. The van der Waals surface area contributed by atoms with Crippen LogP contribution in [0, 0.1) is 0 Å². The van der Waals surface area contributed by atoms with E-state index in [2.05, 4.69) is 5.32 Å². The van der Waals surface area contributed by atoms with Gasteiger partial charge in [0, 0.05) is 0 Å². The van der Waals surface area contributed by atoms with Gasteiger partial charge < -0.3 is 4.90 Å². The molecule has 5 nitrogen and oxygen atoms in total. The molecular formula is C11H8Cl2N2O3. The molecule has 1 aliphatic heterocycles. The molecule has 0 atom stereocenters. The number of nitrogens with zero attached hydrogens (tertiary/aromatic N) is 1. The standard InChI is InChI=1S/C11H8Cl2N2O3/c12-7-3-1-2-6(10(7)13)11(18)15-4-8(16)14-9(17)5-15/h1-3H,4-5H2,(H,14,16,17). The predicted molar refractivity (Wildman–Crippen MR) is 65.5 cm³/mol. The Labute approximate surface area is 113 Å². The molecule has 0 unspecified atom stereocenters. The van der Waals surface area contributed by atoms with Gasteiger partial charge >= 0.3 is 0 Å². The van der Waals surface area contributed by atoms with E-state index >= 15 is 0 Å². The van der Waals surface area contributed by atoms with Gasteiger partial charge in [0.1, 0.15) is 13.1 Å². The molecule has 3 amide bonds. The van der Waals surface area contributed by atoms with Crippen LogP contribution in [-0.2, 0) is 9.59 Å². The largest absolute Gasteiger partial charge is 0.320 e. The number of rotatable bonds is 1. The van der Waals surface area contributed by atoms with E-state index in [-0.39, 0.29) is 28.7 Å². The summed E-state index contributed by atoms with van der Waals surface area (Å²) in [5.74, 6) is -1.53. The van der Waals surface area contributed by atoms with Crippen LogP contribution in [0.1, 0.15) is 10.4 Å². The van der Waals surface area contributed by atoms with Crippen molar-refractivity contribution in [1.82, 2.24) is 10.2 Å². The fraction of sp³-hybridized carbons (Fsp3) is 0.182. The summed E-state index contributed by atoms with van der Waals surface area (Å²) in [6.07, 6.45) is 0. The van der Waals surface area contributed by atoms with Crippen molar-refractivity contribution in [2.24, 2.45) is 0 Å². The number of benzene rings is 1. The van der Waals surface area contributed by atoms with Crippen molar-refractivity contribution in [2.75, 3.05) is 13.1 Å². The van der Waals surface area contributed by atoms with Gasteiger partial charge in [-0.05, 0) is 12.1 Å². The summed E-state index contributed by atoms with van der Waals surface area (Å²) in [6, 6.07) is 4.62. The minimum Gasteiger partial charge on any atom is -0.320 e. The highest BCUT2D eigenvalue weighted by molar-refractivity contribution is 6.43. The zero-order valence-corrected chi connectivity index (χ0v) is 10.6. The number of piperazine rings is 1. The van der Waals surface area contributed by atoms with E-state index in [9.17, 15) is 14.4 Å². The van der Waals surface area contributed by atoms with E-state index in [1.807, 2.05) is 0 Å². The summed E-state index contributed by atoms with van der Waals surface area (Å²) in [7, 11) is 0. The minimum atomic E-state index is -0.516. The Bertz CT molecular complexity index is 529. The first kappa shape index (κ1) is 12.9. The average Bonchev–Trinajstić information content (AvgIpc) is 2.30. The molecule has 1 saturated heterocycles. The maximum atomic E-state index is 12.1. The van der Waals surface area contributed by atoms with Crippen LogP contribution in [0.4, 0.5) is 0 Å². The van der Waals surface area contributed by atoms with Crippen molar-refractivity contribution < 1.29 is 14.4 Å². The maximum Gasteiger partial charge on any atom is 0.256 e. The first-order valence-electron chi connectivity index (χ1n) is 5.05. The van der Waals surface area contributed by atoms with Crippen molar-refractivity contribution in [1.29, 1.82) is 0 Å². The van der Waals surface area contributed by atoms with Crippen LogP contribution in [0.2, 0.25) is 10.0 Å². The van der Waals surface area contributed by atoms with E-state index in [0.717, 1.165) is 4.90 Å². The van der Waals surface area contributed by atoms with Gasteiger partial charge in [-0.3, -0.25) is 19.7 Å². The zero-order valence-electron chi connectivity index (χ0n) is 9.07. The van der Waals surface area contributed by atoms with E-state index in [1.165, 1.54) is 6.07 Å². The Balaban J connectivity index is 2.28. The van der Waals surface area contributed by atoms with Crippen molar-refractivity contribution >= 4 is 40.9 Å². The van der Waals surface area contributed by atoms with Gasteiger partial charge in [0.2, 0.25) is 11.8 Å². The second-order valence-electron chi connectivity index (χ2n) is 3.73.